The van der Waals surface area contributed by atoms with Crippen LogP contribution in [0.4, 0.5) is 0 Å². The Hall–Kier alpha value is -2.40. The van der Waals surface area contributed by atoms with Crippen LogP contribution in [0.2, 0.25) is 5.02 Å². The molecule has 0 atom stereocenters. The number of pyridine rings is 1. The van der Waals surface area contributed by atoms with Crippen LogP contribution in [0.1, 0.15) is 20.7 Å². The molecular weight excluding hydrogens is 268 g/mol. The Labute approximate surface area is 114 Å². The van der Waals surface area contributed by atoms with Crippen molar-refractivity contribution in [3.8, 4) is 11.6 Å². The quantitative estimate of drug-likeness (QED) is 0.870. The Morgan fingerprint density at radius 3 is 2.53 bits per heavy atom. The standard InChI is InChI=1S/C13H9ClN2O3/c14-11-5-8(7-17)6-16-13(11)19-10-3-1-9(2-4-10)12(15)18/h1-7H,(H2,15,18). The van der Waals surface area contributed by atoms with Gasteiger partial charge in [0.15, 0.2) is 6.29 Å². The highest BCUT2D eigenvalue weighted by molar-refractivity contribution is 6.32. The molecule has 0 aliphatic carbocycles. The maximum atomic E-state index is 10.9. The lowest BCUT2D eigenvalue weighted by Crippen LogP contribution is -2.10. The Kier molecular flexibility index (Phi) is 3.77. The number of aldehydes is 1. The van der Waals surface area contributed by atoms with Crippen LogP contribution in [0.25, 0.3) is 0 Å². The van der Waals surface area contributed by atoms with Crippen LogP contribution < -0.4 is 10.5 Å². The van der Waals surface area contributed by atoms with Crippen molar-refractivity contribution >= 4 is 23.8 Å². The molecule has 0 bridgehead atoms. The number of hydrogen-bond donors (Lipinski definition) is 1. The summed E-state index contributed by atoms with van der Waals surface area (Å²) in [5.41, 5.74) is 5.87. The van der Waals surface area contributed by atoms with Gasteiger partial charge in [0, 0.05) is 17.3 Å². The van der Waals surface area contributed by atoms with Gasteiger partial charge in [0.25, 0.3) is 0 Å². The van der Waals surface area contributed by atoms with E-state index in [0.29, 0.717) is 23.2 Å². The zero-order valence-corrected chi connectivity index (χ0v) is 10.4. The summed E-state index contributed by atoms with van der Waals surface area (Å²) < 4.78 is 5.43. The van der Waals surface area contributed by atoms with Gasteiger partial charge in [-0.2, -0.15) is 0 Å². The first-order valence-corrected chi connectivity index (χ1v) is 5.66. The number of halogens is 1. The van der Waals surface area contributed by atoms with E-state index < -0.39 is 5.91 Å². The molecule has 19 heavy (non-hydrogen) atoms. The fraction of sp³-hybridized carbons (Fsp3) is 0. The van der Waals surface area contributed by atoms with E-state index in [9.17, 15) is 9.59 Å². The van der Waals surface area contributed by atoms with Crippen molar-refractivity contribution in [1.29, 1.82) is 0 Å². The van der Waals surface area contributed by atoms with Crippen LogP contribution in [-0.4, -0.2) is 17.2 Å². The van der Waals surface area contributed by atoms with Crippen LogP contribution in [0.15, 0.2) is 36.5 Å². The van der Waals surface area contributed by atoms with E-state index in [4.69, 9.17) is 22.1 Å². The Morgan fingerprint density at radius 1 is 1.32 bits per heavy atom. The van der Waals surface area contributed by atoms with E-state index in [2.05, 4.69) is 4.98 Å². The SMILES string of the molecule is NC(=O)c1ccc(Oc2ncc(C=O)cc2Cl)cc1. The molecule has 2 N–H and O–H groups in total. The highest BCUT2D eigenvalue weighted by atomic mass is 35.5. The third-order valence-electron chi connectivity index (χ3n) is 2.32. The van der Waals surface area contributed by atoms with Gasteiger partial charge in [-0.15, -0.1) is 0 Å². The largest absolute Gasteiger partial charge is 0.438 e. The molecule has 0 aliphatic heterocycles. The third-order valence-corrected chi connectivity index (χ3v) is 2.59. The minimum atomic E-state index is -0.516. The molecule has 5 nitrogen and oxygen atoms in total. The number of ether oxygens (including phenoxy) is 1. The van der Waals surface area contributed by atoms with Gasteiger partial charge < -0.3 is 10.5 Å². The second-order valence-corrected chi connectivity index (χ2v) is 4.07. The molecule has 6 heteroatoms. The molecule has 0 aliphatic rings. The Morgan fingerprint density at radius 2 is 2.00 bits per heavy atom. The molecule has 0 radical (unpaired) electrons. The highest BCUT2D eigenvalue weighted by Crippen LogP contribution is 2.27. The predicted octanol–water partition coefficient (Wildman–Crippen LogP) is 2.44. The molecule has 0 fully saturated rings. The molecule has 1 aromatic heterocycles. The van der Waals surface area contributed by atoms with Crippen molar-refractivity contribution in [2.75, 3.05) is 0 Å². The third kappa shape index (κ3) is 3.08. The number of nitrogens with zero attached hydrogens (tertiary/aromatic N) is 1. The van der Waals surface area contributed by atoms with E-state index in [-0.39, 0.29) is 10.9 Å². The van der Waals surface area contributed by atoms with Crippen molar-refractivity contribution in [2.45, 2.75) is 0 Å². The van der Waals surface area contributed by atoms with E-state index in [1.807, 2.05) is 0 Å². The van der Waals surface area contributed by atoms with Gasteiger partial charge in [-0.1, -0.05) is 11.6 Å². The van der Waals surface area contributed by atoms with Crippen LogP contribution in [0.5, 0.6) is 11.6 Å². The van der Waals surface area contributed by atoms with Gasteiger partial charge >= 0.3 is 0 Å². The summed E-state index contributed by atoms with van der Waals surface area (Å²) in [6.45, 7) is 0. The molecule has 1 amide bonds. The van der Waals surface area contributed by atoms with Crippen LogP contribution in [0, 0.1) is 0 Å². The molecule has 1 heterocycles. The summed E-state index contributed by atoms with van der Waals surface area (Å²) in [5.74, 6) is 0.121. The average Bonchev–Trinajstić information content (AvgIpc) is 2.41. The monoisotopic (exact) mass is 276 g/mol. The number of aromatic nitrogens is 1. The average molecular weight is 277 g/mol. The Bertz CT molecular complexity index is 626. The summed E-state index contributed by atoms with van der Waals surface area (Å²) in [6, 6.07) is 7.67. The maximum Gasteiger partial charge on any atom is 0.248 e. The van der Waals surface area contributed by atoms with E-state index in [0.717, 1.165) is 0 Å². The molecule has 0 unspecified atom stereocenters. The fourth-order valence-electron chi connectivity index (χ4n) is 1.38. The van der Waals surface area contributed by atoms with Crippen LogP contribution >= 0.6 is 11.6 Å². The lowest BCUT2D eigenvalue weighted by Gasteiger charge is -2.06. The number of benzene rings is 1. The first kappa shape index (κ1) is 13.0. The van der Waals surface area contributed by atoms with Crippen LogP contribution in [-0.2, 0) is 0 Å². The fourth-order valence-corrected chi connectivity index (χ4v) is 1.59. The number of carbonyl (C=O) groups excluding carboxylic acids is 2. The molecule has 2 aromatic rings. The molecule has 2 rings (SSSR count). The van der Waals surface area contributed by atoms with E-state index >= 15 is 0 Å². The number of primary amides is 1. The molecule has 0 saturated heterocycles. The summed E-state index contributed by atoms with van der Waals surface area (Å²) in [5, 5.41) is 0.226. The van der Waals surface area contributed by atoms with Gasteiger partial charge in [0.2, 0.25) is 11.8 Å². The minimum Gasteiger partial charge on any atom is -0.438 e. The predicted molar refractivity (Wildman–Crippen MR) is 69.7 cm³/mol. The maximum absolute atomic E-state index is 10.9. The molecular formula is C13H9ClN2O3. The molecule has 0 spiro atoms. The zero-order chi connectivity index (χ0) is 13.8. The van der Waals surface area contributed by atoms with Gasteiger partial charge in [-0.05, 0) is 30.3 Å². The zero-order valence-electron chi connectivity index (χ0n) is 9.67. The lowest BCUT2D eigenvalue weighted by atomic mass is 10.2. The van der Waals surface area contributed by atoms with Gasteiger partial charge in [0.1, 0.15) is 10.8 Å². The van der Waals surface area contributed by atoms with Crippen molar-refractivity contribution in [2.24, 2.45) is 5.73 Å². The van der Waals surface area contributed by atoms with E-state index in [1.165, 1.54) is 24.4 Å². The second kappa shape index (κ2) is 5.49. The first-order valence-electron chi connectivity index (χ1n) is 5.28. The number of amides is 1. The van der Waals surface area contributed by atoms with E-state index in [1.54, 1.807) is 12.1 Å². The topological polar surface area (TPSA) is 82.3 Å². The highest BCUT2D eigenvalue weighted by Gasteiger charge is 2.07. The molecule has 0 saturated carbocycles. The summed E-state index contributed by atoms with van der Waals surface area (Å²) in [6.07, 6.45) is 2.00. The lowest BCUT2D eigenvalue weighted by molar-refractivity contribution is 0.1000. The number of carbonyl (C=O) groups is 2. The number of nitrogens with two attached hydrogens (primary N) is 1. The summed E-state index contributed by atoms with van der Waals surface area (Å²) in [4.78, 5) is 25.4. The smallest absolute Gasteiger partial charge is 0.248 e. The second-order valence-electron chi connectivity index (χ2n) is 3.66. The summed E-state index contributed by atoms with van der Waals surface area (Å²) >= 11 is 5.92. The van der Waals surface area contributed by atoms with Crippen molar-refractivity contribution in [1.82, 2.24) is 4.98 Å². The Balaban J connectivity index is 2.21. The summed E-state index contributed by atoms with van der Waals surface area (Å²) in [7, 11) is 0. The van der Waals surface area contributed by atoms with Gasteiger partial charge in [-0.3, -0.25) is 9.59 Å². The van der Waals surface area contributed by atoms with Crippen LogP contribution in [0.3, 0.4) is 0 Å². The first-order chi connectivity index (χ1) is 9.10. The van der Waals surface area contributed by atoms with Crippen molar-refractivity contribution in [3.63, 3.8) is 0 Å². The van der Waals surface area contributed by atoms with Crippen molar-refractivity contribution < 1.29 is 14.3 Å². The van der Waals surface area contributed by atoms with Gasteiger partial charge in [0.05, 0.1) is 0 Å². The number of rotatable bonds is 4. The van der Waals surface area contributed by atoms with Crippen molar-refractivity contribution in [3.05, 3.63) is 52.7 Å². The number of hydrogen-bond acceptors (Lipinski definition) is 4. The molecule has 96 valence electrons. The minimum absolute atomic E-state index is 0.180. The normalized spacial score (nSPS) is 9.95. The molecule has 1 aromatic carbocycles. The van der Waals surface area contributed by atoms with Gasteiger partial charge in [-0.25, -0.2) is 4.98 Å².